The molecule has 19 heavy (non-hydrogen) atoms. The number of hydrogen-bond donors (Lipinski definition) is 1. The zero-order valence-corrected chi connectivity index (χ0v) is 12.8. The van der Waals surface area contributed by atoms with Crippen LogP contribution in [0.4, 0.5) is 0 Å². The third-order valence-electron chi connectivity index (χ3n) is 5.50. The molecule has 110 valence electrons. The van der Waals surface area contributed by atoms with E-state index in [2.05, 4.69) is 25.7 Å². The van der Waals surface area contributed by atoms with E-state index < -0.39 is 0 Å². The minimum absolute atomic E-state index is 0.159. The van der Waals surface area contributed by atoms with E-state index in [4.69, 9.17) is 5.73 Å². The van der Waals surface area contributed by atoms with Crippen LogP contribution in [0, 0.1) is 23.7 Å². The van der Waals surface area contributed by atoms with Gasteiger partial charge in [-0.1, -0.05) is 27.2 Å². The summed E-state index contributed by atoms with van der Waals surface area (Å²) in [4.78, 5) is 14.7. The molecule has 0 aromatic heterocycles. The van der Waals surface area contributed by atoms with Gasteiger partial charge >= 0.3 is 0 Å². The van der Waals surface area contributed by atoms with Crippen molar-refractivity contribution in [3.05, 3.63) is 0 Å². The second kappa shape index (κ2) is 6.25. The highest BCUT2D eigenvalue weighted by atomic mass is 16.2. The number of carbonyl (C=O) groups excluding carboxylic acids is 1. The van der Waals surface area contributed by atoms with Gasteiger partial charge in [-0.3, -0.25) is 4.79 Å². The Bertz CT molecular complexity index is 318. The van der Waals surface area contributed by atoms with Crippen molar-refractivity contribution < 1.29 is 4.79 Å². The molecule has 0 radical (unpaired) electrons. The zero-order valence-electron chi connectivity index (χ0n) is 12.8. The molecule has 1 aliphatic heterocycles. The molecule has 2 fully saturated rings. The van der Waals surface area contributed by atoms with Crippen LogP contribution < -0.4 is 5.73 Å². The van der Waals surface area contributed by atoms with Gasteiger partial charge in [-0.05, 0) is 43.4 Å². The van der Waals surface area contributed by atoms with E-state index in [1.165, 1.54) is 12.8 Å². The van der Waals surface area contributed by atoms with E-state index in [-0.39, 0.29) is 5.92 Å². The van der Waals surface area contributed by atoms with E-state index in [0.717, 1.165) is 38.3 Å². The number of nitrogens with two attached hydrogens (primary N) is 1. The Morgan fingerprint density at radius 2 is 1.95 bits per heavy atom. The van der Waals surface area contributed by atoms with Crippen LogP contribution in [-0.2, 0) is 4.79 Å². The molecule has 5 atom stereocenters. The molecule has 1 saturated carbocycles. The minimum Gasteiger partial charge on any atom is -0.342 e. The zero-order chi connectivity index (χ0) is 14.0. The van der Waals surface area contributed by atoms with E-state index in [9.17, 15) is 4.79 Å². The van der Waals surface area contributed by atoms with Crippen molar-refractivity contribution in [2.75, 3.05) is 13.1 Å². The first-order valence-corrected chi connectivity index (χ1v) is 8.03. The summed E-state index contributed by atoms with van der Waals surface area (Å²) >= 11 is 0. The summed E-state index contributed by atoms with van der Waals surface area (Å²) in [6.07, 6.45) is 5.70. The van der Waals surface area contributed by atoms with Gasteiger partial charge in [0.15, 0.2) is 0 Å². The van der Waals surface area contributed by atoms with Gasteiger partial charge in [0, 0.05) is 25.0 Å². The predicted octanol–water partition coefficient (Wildman–Crippen LogP) is 2.64. The van der Waals surface area contributed by atoms with Crippen LogP contribution in [0.5, 0.6) is 0 Å². The highest BCUT2D eigenvalue weighted by Gasteiger charge is 2.33. The van der Waals surface area contributed by atoms with Gasteiger partial charge in [0.05, 0.1) is 0 Å². The van der Waals surface area contributed by atoms with Crippen molar-refractivity contribution >= 4 is 5.91 Å². The lowest BCUT2D eigenvalue weighted by molar-refractivity contribution is -0.139. The lowest BCUT2D eigenvalue weighted by atomic mass is 9.78. The van der Waals surface area contributed by atoms with Crippen LogP contribution in [0.2, 0.25) is 0 Å². The molecule has 1 aliphatic carbocycles. The number of nitrogens with zero attached hydrogens (tertiary/aromatic N) is 1. The summed E-state index contributed by atoms with van der Waals surface area (Å²) in [6.45, 7) is 8.59. The number of carbonyl (C=O) groups is 1. The van der Waals surface area contributed by atoms with Crippen LogP contribution in [0.25, 0.3) is 0 Å². The molecule has 1 amide bonds. The maximum Gasteiger partial charge on any atom is 0.225 e. The smallest absolute Gasteiger partial charge is 0.225 e. The fraction of sp³-hybridized carbons (Fsp3) is 0.938. The topological polar surface area (TPSA) is 46.3 Å². The molecule has 1 saturated heterocycles. The molecule has 0 bridgehead atoms. The van der Waals surface area contributed by atoms with E-state index in [0.29, 0.717) is 23.8 Å². The third kappa shape index (κ3) is 3.50. The number of piperidine rings is 1. The Morgan fingerprint density at radius 3 is 2.58 bits per heavy atom. The second-order valence-corrected chi connectivity index (χ2v) is 7.00. The normalized spacial score (nSPS) is 38.0. The Balaban J connectivity index is 1.91. The first-order chi connectivity index (χ1) is 8.99. The van der Waals surface area contributed by atoms with Crippen molar-refractivity contribution in [2.24, 2.45) is 29.4 Å². The molecule has 5 unspecified atom stereocenters. The Morgan fingerprint density at radius 1 is 1.21 bits per heavy atom. The van der Waals surface area contributed by atoms with Gasteiger partial charge in [0.25, 0.3) is 0 Å². The van der Waals surface area contributed by atoms with Gasteiger partial charge in [-0.15, -0.1) is 0 Å². The molecule has 2 N–H and O–H groups in total. The second-order valence-electron chi connectivity index (χ2n) is 7.00. The Hall–Kier alpha value is -0.570. The SMILES string of the molecule is CC1CCN(C(=O)C(C)C2CCCC(N)C2)CC1C. The standard InChI is InChI=1S/C16H30N2O/c1-11-7-8-18(10-12(11)2)16(19)13(3)14-5-4-6-15(17)9-14/h11-15H,4-10,17H2,1-3H3. The number of likely N-dealkylation sites (tertiary alicyclic amines) is 1. The lowest BCUT2D eigenvalue weighted by Crippen LogP contribution is -2.46. The first kappa shape index (κ1) is 14.8. The summed E-state index contributed by atoms with van der Waals surface area (Å²) in [5.74, 6) is 2.43. The van der Waals surface area contributed by atoms with Crippen LogP contribution in [0.15, 0.2) is 0 Å². The van der Waals surface area contributed by atoms with Crippen LogP contribution in [0.3, 0.4) is 0 Å². The van der Waals surface area contributed by atoms with E-state index >= 15 is 0 Å². The minimum atomic E-state index is 0.159. The summed E-state index contributed by atoms with van der Waals surface area (Å²) < 4.78 is 0. The van der Waals surface area contributed by atoms with Crippen LogP contribution >= 0.6 is 0 Å². The maximum atomic E-state index is 12.6. The highest BCUT2D eigenvalue weighted by molar-refractivity contribution is 5.79. The first-order valence-electron chi connectivity index (χ1n) is 8.03. The quantitative estimate of drug-likeness (QED) is 0.835. The highest BCUT2D eigenvalue weighted by Crippen LogP contribution is 2.32. The molecular weight excluding hydrogens is 236 g/mol. The van der Waals surface area contributed by atoms with E-state index in [1.807, 2.05) is 0 Å². The third-order valence-corrected chi connectivity index (χ3v) is 5.50. The fourth-order valence-corrected chi connectivity index (χ4v) is 3.67. The summed E-state index contributed by atoms with van der Waals surface area (Å²) in [6, 6.07) is 0.314. The summed E-state index contributed by atoms with van der Waals surface area (Å²) in [5, 5.41) is 0. The monoisotopic (exact) mass is 266 g/mol. The number of rotatable bonds is 2. The van der Waals surface area contributed by atoms with Crippen molar-refractivity contribution in [3.63, 3.8) is 0 Å². The van der Waals surface area contributed by atoms with E-state index in [1.54, 1.807) is 0 Å². The van der Waals surface area contributed by atoms with Gasteiger partial charge in [-0.25, -0.2) is 0 Å². The number of amides is 1. The van der Waals surface area contributed by atoms with Gasteiger partial charge in [0.1, 0.15) is 0 Å². The Kier molecular flexibility index (Phi) is 4.88. The van der Waals surface area contributed by atoms with Crippen molar-refractivity contribution in [2.45, 2.75) is 58.9 Å². The van der Waals surface area contributed by atoms with Crippen molar-refractivity contribution in [1.29, 1.82) is 0 Å². The fourth-order valence-electron chi connectivity index (χ4n) is 3.67. The average Bonchev–Trinajstić information content (AvgIpc) is 2.40. The maximum absolute atomic E-state index is 12.6. The average molecular weight is 266 g/mol. The molecule has 0 aromatic rings. The van der Waals surface area contributed by atoms with Crippen molar-refractivity contribution in [1.82, 2.24) is 4.90 Å². The lowest BCUT2D eigenvalue weighted by Gasteiger charge is -2.39. The molecule has 0 aromatic carbocycles. The predicted molar refractivity (Wildman–Crippen MR) is 78.6 cm³/mol. The molecule has 2 aliphatic rings. The van der Waals surface area contributed by atoms with Crippen molar-refractivity contribution in [3.8, 4) is 0 Å². The van der Waals surface area contributed by atoms with Crippen LogP contribution in [-0.4, -0.2) is 29.9 Å². The van der Waals surface area contributed by atoms with Gasteiger partial charge in [0.2, 0.25) is 5.91 Å². The molecular formula is C16H30N2O. The number of hydrogen-bond acceptors (Lipinski definition) is 2. The molecule has 3 heteroatoms. The largest absolute Gasteiger partial charge is 0.342 e. The van der Waals surface area contributed by atoms with Gasteiger partial charge in [-0.2, -0.15) is 0 Å². The molecule has 1 heterocycles. The molecule has 3 nitrogen and oxygen atoms in total. The summed E-state index contributed by atoms with van der Waals surface area (Å²) in [7, 11) is 0. The summed E-state index contributed by atoms with van der Waals surface area (Å²) in [5.41, 5.74) is 6.06. The molecule has 2 rings (SSSR count). The Labute approximate surface area is 117 Å². The van der Waals surface area contributed by atoms with Gasteiger partial charge < -0.3 is 10.6 Å². The molecule has 0 spiro atoms. The van der Waals surface area contributed by atoms with Crippen LogP contribution in [0.1, 0.15) is 52.9 Å².